The fourth-order valence-electron chi connectivity index (χ4n) is 5.44. The van der Waals surface area contributed by atoms with Crippen LogP contribution < -0.4 is 0 Å². The van der Waals surface area contributed by atoms with Crippen LogP contribution in [0.15, 0.2) is 138 Å². The van der Waals surface area contributed by atoms with Crippen molar-refractivity contribution in [2.45, 2.75) is 0 Å². The van der Waals surface area contributed by atoms with E-state index in [1.54, 1.807) is 0 Å². The Morgan fingerprint density at radius 1 is 0.385 bits per heavy atom. The highest BCUT2D eigenvalue weighted by Gasteiger charge is 2.11. The number of nitrogens with zero attached hydrogens (tertiary/aromatic N) is 2. The van der Waals surface area contributed by atoms with Crippen LogP contribution in [-0.4, -0.2) is 9.97 Å². The summed E-state index contributed by atoms with van der Waals surface area (Å²) < 4.78 is 6.00. The monoisotopic (exact) mass is 498 g/mol. The van der Waals surface area contributed by atoms with Crippen molar-refractivity contribution in [2.75, 3.05) is 0 Å². The van der Waals surface area contributed by atoms with Crippen molar-refractivity contribution in [3.63, 3.8) is 0 Å². The van der Waals surface area contributed by atoms with E-state index in [2.05, 4.69) is 103 Å². The molecule has 0 unspecified atom stereocenters. The number of para-hydroxylation sites is 1. The topological polar surface area (TPSA) is 38.9 Å². The number of aromatic nitrogens is 2. The van der Waals surface area contributed by atoms with E-state index in [-0.39, 0.29) is 0 Å². The minimum atomic E-state index is 0.910. The van der Waals surface area contributed by atoms with Crippen molar-refractivity contribution in [3.05, 3.63) is 133 Å². The molecule has 3 heterocycles. The van der Waals surface area contributed by atoms with Gasteiger partial charge < -0.3 is 4.42 Å². The summed E-state index contributed by atoms with van der Waals surface area (Å²) in [6, 6.07) is 46.2. The number of hydrogen-bond donors (Lipinski definition) is 0. The van der Waals surface area contributed by atoms with E-state index in [0.717, 1.165) is 77.4 Å². The number of hydrogen-bond acceptors (Lipinski definition) is 3. The van der Waals surface area contributed by atoms with E-state index in [1.165, 1.54) is 0 Å². The molecule has 0 aliphatic rings. The molecule has 0 saturated carbocycles. The molecule has 3 aromatic heterocycles. The van der Waals surface area contributed by atoms with Gasteiger partial charge in [-0.25, -0.2) is 9.97 Å². The molecule has 0 atom stereocenters. The SMILES string of the molecule is c1ccc(-c2ccc3ccc4ccc(-c5ccc(-c6ccc7oc8ccccc8c7c6)cc5)nc4c3n2)cc1. The van der Waals surface area contributed by atoms with Gasteiger partial charge in [-0.2, -0.15) is 0 Å². The lowest BCUT2D eigenvalue weighted by atomic mass is 10.00. The molecule has 0 spiro atoms. The summed E-state index contributed by atoms with van der Waals surface area (Å²) in [5.41, 5.74) is 10.1. The van der Waals surface area contributed by atoms with Crippen LogP contribution in [0.1, 0.15) is 0 Å². The zero-order valence-corrected chi connectivity index (χ0v) is 21.0. The second-order valence-corrected chi connectivity index (χ2v) is 9.85. The first kappa shape index (κ1) is 21.8. The van der Waals surface area contributed by atoms with E-state index in [0.29, 0.717) is 0 Å². The van der Waals surface area contributed by atoms with Gasteiger partial charge in [-0.1, -0.05) is 103 Å². The zero-order chi connectivity index (χ0) is 25.8. The molecule has 0 bridgehead atoms. The van der Waals surface area contributed by atoms with Gasteiger partial charge >= 0.3 is 0 Å². The van der Waals surface area contributed by atoms with Gasteiger partial charge in [-0.05, 0) is 41.5 Å². The van der Waals surface area contributed by atoms with Crippen LogP contribution in [0.4, 0.5) is 0 Å². The summed E-state index contributed by atoms with van der Waals surface area (Å²) in [4.78, 5) is 10.1. The Balaban J connectivity index is 1.19. The Morgan fingerprint density at radius 3 is 1.64 bits per heavy atom. The highest BCUT2D eigenvalue weighted by atomic mass is 16.3. The molecule has 0 N–H and O–H groups in total. The first-order valence-electron chi connectivity index (χ1n) is 13.1. The molecule has 0 fully saturated rings. The Kier molecular flexibility index (Phi) is 4.82. The van der Waals surface area contributed by atoms with Crippen molar-refractivity contribution in [1.29, 1.82) is 0 Å². The maximum Gasteiger partial charge on any atom is 0.135 e. The molecular weight excluding hydrogens is 476 g/mol. The predicted octanol–water partition coefficient (Wildman–Crippen LogP) is 9.68. The van der Waals surface area contributed by atoms with Crippen molar-refractivity contribution < 1.29 is 4.42 Å². The maximum atomic E-state index is 6.00. The van der Waals surface area contributed by atoms with E-state index < -0.39 is 0 Å². The summed E-state index contributed by atoms with van der Waals surface area (Å²) in [5.74, 6) is 0. The molecule has 39 heavy (non-hydrogen) atoms. The van der Waals surface area contributed by atoms with Crippen LogP contribution in [0.3, 0.4) is 0 Å². The zero-order valence-electron chi connectivity index (χ0n) is 21.0. The minimum absolute atomic E-state index is 0.910. The molecule has 0 saturated heterocycles. The average Bonchev–Trinajstić information content (AvgIpc) is 3.39. The Morgan fingerprint density at radius 2 is 0.923 bits per heavy atom. The highest BCUT2D eigenvalue weighted by Crippen LogP contribution is 2.33. The maximum absolute atomic E-state index is 6.00. The van der Waals surface area contributed by atoms with Gasteiger partial charge in [0.1, 0.15) is 11.2 Å². The Bertz CT molecular complexity index is 2160. The van der Waals surface area contributed by atoms with Crippen molar-refractivity contribution in [1.82, 2.24) is 9.97 Å². The number of fused-ring (bicyclic) bond motifs is 6. The van der Waals surface area contributed by atoms with Crippen LogP contribution in [0.25, 0.3) is 77.4 Å². The first-order valence-corrected chi connectivity index (χ1v) is 13.1. The largest absolute Gasteiger partial charge is 0.456 e. The van der Waals surface area contributed by atoms with Crippen LogP contribution in [0.5, 0.6) is 0 Å². The number of benzene rings is 5. The summed E-state index contributed by atoms with van der Waals surface area (Å²) in [7, 11) is 0. The molecule has 0 radical (unpaired) electrons. The van der Waals surface area contributed by atoms with Crippen molar-refractivity contribution in [2.24, 2.45) is 0 Å². The smallest absolute Gasteiger partial charge is 0.135 e. The summed E-state index contributed by atoms with van der Waals surface area (Å²) in [6.45, 7) is 0. The van der Waals surface area contributed by atoms with Gasteiger partial charge in [-0.15, -0.1) is 0 Å². The number of pyridine rings is 2. The van der Waals surface area contributed by atoms with Gasteiger partial charge in [0.2, 0.25) is 0 Å². The van der Waals surface area contributed by atoms with E-state index in [4.69, 9.17) is 14.4 Å². The summed E-state index contributed by atoms with van der Waals surface area (Å²) in [5, 5.41) is 4.45. The minimum Gasteiger partial charge on any atom is -0.456 e. The second kappa shape index (κ2) is 8.64. The third kappa shape index (κ3) is 3.67. The third-order valence-corrected chi connectivity index (χ3v) is 7.48. The molecule has 8 aromatic rings. The lowest BCUT2D eigenvalue weighted by Crippen LogP contribution is -1.91. The number of furan rings is 1. The summed E-state index contributed by atoms with van der Waals surface area (Å²) >= 11 is 0. The van der Waals surface area contributed by atoms with Crippen LogP contribution in [0, 0.1) is 0 Å². The lowest BCUT2D eigenvalue weighted by molar-refractivity contribution is 0.669. The molecule has 8 rings (SSSR count). The molecule has 182 valence electrons. The Labute approximate surface area is 225 Å². The van der Waals surface area contributed by atoms with Gasteiger partial charge in [0.05, 0.1) is 22.4 Å². The Hall–Kier alpha value is -5.28. The van der Waals surface area contributed by atoms with E-state index in [1.807, 2.05) is 30.3 Å². The van der Waals surface area contributed by atoms with Gasteiger partial charge in [-0.3, -0.25) is 0 Å². The fraction of sp³-hybridized carbons (Fsp3) is 0. The van der Waals surface area contributed by atoms with Gasteiger partial charge in [0, 0.05) is 32.7 Å². The highest BCUT2D eigenvalue weighted by molar-refractivity contribution is 6.06. The van der Waals surface area contributed by atoms with Gasteiger partial charge in [0.25, 0.3) is 0 Å². The van der Waals surface area contributed by atoms with Crippen LogP contribution in [0.2, 0.25) is 0 Å². The molecule has 5 aromatic carbocycles. The summed E-state index contributed by atoms with van der Waals surface area (Å²) in [6.07, 6.45) is 0. The van der Waals surface area contributed by atoms with E-state index >= 15 is 0 Å². The van der Waals surface area contributed by atoms with E-state index in [9.17, 15) is 0 Å². The first-order chi connectivity index (χ1) is 19.3. The lowest BCUT2D eigenvalue weighted by Gasteiger charge is -2.09. The predicted molar refractivity (Wildman–Crippen MR) is 161 cm³/mol. The quantitative estimate of drug-likeness (QED) is 0.228. The molecular formula is C36H22N2O. The third-order valence-electron chi connectivity index (χ3n) is 7.48. The van der Waals surface area contributed by atoms with Crippen molar-refractivity contribution >= 4 is 43.7 Å². The van der Waals surface area contributed by atoms with Gasteiger partial charge in [0.15, 0.2) is 0 Å². The standard InChI is InChI=1S/C36H22N2O/c1-2-6-24(7-3-1)31-19-16-26-14-15-27-17-20-32(38-36(27)35(26)37-31)25-12-10-23(11-13-25)28-18-21-34-30(22-28)29-8-4-5-9-33(29)39-34/h1-22H. The molecule has 0 amide bonds. The average molecular weight is 499 g/mol. The molecule has 0 aliphatic carbocycles. The number of rotatable bonds is 3. The molecule has 3 nitrogen and oxygen atoms in total. The van der Waals surface area contributed by atoms with Crippen LogP contribution in [-0.2, 0) is 0 Å². The molecule has 3 heteroatoms. The fourth-order valence-corrected chi connectivity index (χ4v) is 5.44. The van der Waals surface area contributed by atoms with Crippen molar-refractivity contribution in [3.8, 4) is 33.6 Å². The second-order valence-electron chi connectivity index (χ2n) is 9.85. The van der Waals surface area contributed by atoms with Crippen LogP contribution >= 0.6 is 0 Å². The molecule has 0 aliphatic heterocycles. The normalized spacial score (nSPS) is 11.6.